The normalized spacial score (nSPS) is 9.50. The monoisotopic (exact) mass is 165 g/mol. The summed E-state index contributed by atoms with van der Waals surface area (Å²) in [5.41, 5.74) is 1.46. The Hall–Kier alpha value is -1.31. The van der Waals surface area contributed by atoms with Gasteiger partial charge in [0.05, 0.1) is 0 Å². The zero-order valence-corrected chi connectivity index (χ0v) is 7.10. The highest BCUT2D eigenvalue weighted by molar-refractivity contribution is 5.45. The van der Waals surface area contributed by atoms with Gasteiger partial charge < -0.3 is 5.32 Å². The fourth-order valence-corrected chi connectivity index (χ4v) is 0.893. The summed E-state index contributed by atoms with van der Waals surface area (Å²) in [5.74, 6) is -0.177. The van der Waals surface area contributed by atoms with Crippen LogP contribution in [-0.2, 0) is 0 Å². The molecule has 2 heteroatoms. The van der Waals surface area contributed by atoms with Gasteiger partial charge in [0.25, 0.3) is 0 Å². The summed E-state index contributed by atoms with van der Waals surface area (Å²) in [5, 5.41) is 3.00. The van der Waals surface area contributed by atoms with E-state index in [0.717, 1.165) is 5.69 Å². The number of hydrogen-bond donors (Lipinski definition) is 1. The van der Waals surface area contributed by atoms with Gasteiger partial charge in [-0.3, -0.25) is 0 Å². The molecule has 0 spiro atoms. The highest BCUT2D eigenvalue weighted by atomic mass is 19.1. The molecule has 0 aliphatic carbocycles. The molecule has 1 nitrogen and oxygen atoms in total. The maximum atomic E-state index is 12.9. The second-order valence-corrected chi connectivity index (χ2v) is 2.63. The maximum absolute atomic E-state index is 12.9. The van der Waals surface area contributed by atoms with Crippen LogP contribution in [0.5, 0.6) is 0 Å². The molecule has 0 fully saturated rings. The summed E-state index contributed by atoms with van der Waals surface area (Å²) in [6.07, 6.45) is 1.73. The third-order valence-electron chi connectivity index (χ3n) is 1.62. The molecule has 0 radical (unpaired) electrons. The van der Waals surface area contributed by atoms with E-state index in [9.17, 15) is 4.39 Å². The number of hydrogen-bond acceptors (Lipinski definition) is 1. The van der Waals surface area contributed by atoms with Crippen LogP contribution in [0.4, 0.5) is 10.1 Å². The van der Waals surface area contributed by atoms with Crippen LogP contribution in [0.25, 0.3) is 0 Å². The van der Waals surface area contributed by atoms with Crippen molar-refractivity contribution < 1.29 is 4.39 Å². The second kappa shape index (κ2) is 3.90. The van der Waals surface area contributed by atoms with E-state index in [2.05, 4.69) is 11.9 Å². The van der Waals surface area contributed by atoms with Gasteiger partial charge in [0.1, 0.15) is 5.82 Å². The standard InChI is InChI=1S/C10H12FN/c1-3-6-12-9-5-4-8(2)10(11)7-9/h3-5,7,12H,1,6H2,2H3. The van der Waals surface area contributed by atoms with Gasteiger partial charge in [0.15, 0.2) is 0 Å². The zero-order valence-electron chi connectivity index (χ0n) is 7.10. The molecule has 0 atom stereocenters. The minimum absolute atomic E-state index is 0.177. The van der Waals surface area contributed by atoms with Crippen molar-refractivity contribution in [3.05, 3.63) is 42.2 Å². The molecule has 1 rings (SSSR count). The van der Waals surface area contributed by atoms with Crippen LogP contribution in [0.3, 0.4) is 0 Å². The van der Waals surface area contributed by atoms with Crippen LogP contribution in [0.2, 0.25) is 0 Å². The first-order chi connectivity index (χ1) is 5.74. The van der Waals surface area contributed by atoms with E-state index < -0.39 is 0 Å². The summed E-state index contributed by atoms with van der Waals surface area (Å²) in [6.45, 7) is 5.96. The first-order valence-electron chi connectivity index (χ1n) is 3.85. The quantitative estimate of drug-likeness (QED) is 0.679. The van der Waals surface area contributed by atoms with Crippen molar-refractivity contribution >= 4 is 5.69 Å². The number of anilines is 1. The van der Waals surface area contributed by atoms with Crippen molar-refractivity contribution in [3.63, 3.8) is 0 Å². The van der Waals surface area contributed by atoms with Gasteiger partial charge >= 0.3 is 0 Å². The Morgan fingerprint density at radius 3 is 2.92 bits per heavy atom. The molecule has 0 aliphatic rings. The average molecular weight is 165 g/mol. The Bertz CT molecular complexity index is 281. The first-order valence-corrected chi connectivity index (χ1v) is 3.85. The van der Waals surface area contributed by atoms with E-state index in [-0.39, 0.29) is 5.82 Å². The Kier molecular flexibility index (Phi) is 2.86. The highest BCUT2D eigenvalue weighted by Crippen LogP contribution is 2.12. The molecular weight excluding hydrogens is 153 g/mol. The highest BCUT2D eigenvalue weighted by Gasteiger charge is 1.96. The predicted molar refractivity (Wildman–Crippen MR) is 49.8 cm³/mol. The molecule has 1 aromatic carbocycles. The van der Waals surface area contributed by atoms with Crippen molar-refractivity contribution in [2.45, 2.75) is 6.92 Å². The first kappa shape index (κ1) is 8.78. The van der Waals surface area contributed by atoms with Gasteiger partial charge in [-0.1, -0.05) is 12.1 Å². The third kappa shape index (κ3) is 2.09. The topological polar surface area (TPSA) is 12.0 Å². The SMILES string of the molecule is C=CCNc1ccc(C)c(F)c1. The van der Waals surface area contributed by atoms with E-state index in [1.807, 2.05) is 6.07 Å². The number of halogens is 1. The van der Waals surface area contributed by atoms with Crippen molar-refractivity contribution in [1.82, 2.24) is 0 Å². The van der Waals surface area contributed by atoms with Crippen molar-refractivity contribution in [1.29, 1.82) is 0 Å². The summed E-state index contributed by atoms with van der Waals surface area (Å²) in [7, 11) is 0. The second-order valence-electron chi connectivity index (χ2n) is 2.63. The van der Waals surface area contributed by atoms with Gasteiger partial charge in [-0.05, 0) is 24.6 Å². The van der Waals surface area contributed by atoms with E-state index in [1.165, 1.54) is 6.07 Å². The number of benzene rings is 1. The molecule has 0 heterocycles. The zero-order chi connectivity index (χ0) is 8.97. The number of aryl methyl sites for hydroxylation is 1. The predicted octanol–water partition coefficient (Wildman–Crippen LogP) is 2.73. The fourth-order valence-electron chi connectivity index (χ4n) is 0.893. The van der Waals surface area contributed by atoms with Crippen LogP contribution in [0.15, 0.2) is 30.9 Å². The molecule has 0 saturated carbocycles. The molecule has 0 unspecified atom stereocenters. The number of rotatable bonds is 3. The Morgan fingerprint density at radius 2 is 2.33 bits per heavy atom. The fraction of sp³-hybridized carbons (Fsp3) is 0.200. The minimum Gasteiger partial charge on any atom is -0.382 e. The average Bonchev–Trinajstić information content (AvgIpc) is 2.07. The van der Waals surface area contributed by atoms with Crippen LogP contribution in [-0.4, -0.2) is 6.54 Å². The van der Waals surface area contributed by atoms with Gasteiger partial charge in [-0.15, -0.1) is 6.58 Å². The Morgan fingerprint density at radius 1 is 1.58 bits per heavy atom. The van der Waals surface area contributed by atoms with E-state index in [0.29, 0.717) is 12.1 Å². The van der Waals surface area contributed by atoms with E-state index in [1.54, 1.807) is 19.1 Å². The molecule has 0 aromatic heterocycles. The van der Waals surface area contributed by atoms with Gasteiger partial charge in [0, 0.05) is 12.2 Å². The van der Waals surface area contributed by atoms with Crippen LogP contribution in [0.1, 0.15) is 5.56 Å². The Balaban J connectivity index is 2.75. The molecule has 0 aliphatic heterocycles. The molecule has 0 saturated heterocycles. The molecule has 0 bridgehead atoms. The van der Waals surface area contributed by atoms with Crippen molar-refractivity contribution in [3.8, 4) is 0 Å². The largest absolute Gasteiger partial charge is 0.382 e. The van der Waals surface area contributed by atoms with Crippen molar-refractivity contribution in [2.75, 3.05) is 11.9 Å². The minimum atomic E-state index is -0.177. The summed E-state index contributed by atoms with van der Waals surface area (Å²) in [4.78, 5) is 0. The molecule has 12 heavy (non-hydrogen) atoms. The summed E-state index contributed by atoms with van der Waals surface area (Å²) < 4.78 is 12.9. The lowest BCUT2D eigenvalue weighted by molar-refractivity contribution is 0.619. The third-order valence-corrected chi connectivity index (χ3v) is 1.62. The van der Waals surface area contributed by atoms with E-state index >= 15 is 0 Å². The van der Waals surface area contributed by atoms with E-state index in [4.69, 9.17) is 0 Å². The van der Waals surface area contributed by atoms with Crippen LogP contribution < -0.4 is 5.32 Å². The van der Waals surface area contributed by atoms with Gasteiger partial charge in [-0.2, -0.15) is 0 Å². The summed E-state index contributed by atoms with van der Waals surface area (Å²) in [6, 6.07) is 5.08. The number of nitrogens with one attached hydrogen (secondary N) is 1. The molecule has 1 N–H and O–H groups in total. The van der Waals surface area contributed by atoms with Crippen LogP contribution >= 0.6 is 0 Å². The lowest BCUT2D eigenvalue weighted by atomic mass is 10.2. The van der Waals surface area contributed by atoms with Gasteiger partial charge in [0.2, 0.25) is 0 Å². The lowest BCUT2D eigenvalue weighted by Gasteiger charge is -2.03. The maximum Gasteiger partial charge on any atom is 0.128 e. The smallest absolute Gasteiger partial charge is 0.128 e. The Labute approximate surface area is 71.9 Å². The molecular formula is C10H12FN. The van der Waals surface area contributed by atoms with Crippen LogP contribution in [0, 0.1) is 12.7 Å². The molecule has 1 aromatic rings. The summed E-state index contributed by atoms with van der Waals surface area (Å²) >= 11 is 0. The molecule has 64 valence electrons. The molecule has 0 amide bonds. The lowest BCUT2D eigenvalue weighted by Crippen LogP contribution is -1.98. The van der Waals surface area contributed by atoms with Gasteiger partial charge in [-0.25, -0.2) is 4.39 Å². The van der Waals surface area contributed by atoms with Crippen molar-refractivity contribution in [2.24, 2.45) is 0 Å².